The van der Waals surface area contributed by atoms with Gasteiger partial charge in [0.05, 0.1) is 0 Å². The van der Waals surface area contributed by atoms with E-state index in [9.17, 15) is 19.2 Å². The fourth-order valence-electron chi connectivity index (χ4n) is 5.55. The van der Waals surface area contributed by atoms with Crippen molar-refractivity contribution in [2.45, 2.75) is 50.6 Å². The van der Waals surface area contributed by atoms with Crippen LogP contribution in [-0.2, 0) is 21.4 Å². The van der Waals surface area contributed by atoms with Gasteiger partial charge in [0.2, 0.25) is 17.7 Å². The van der Waals surface area contributed by atoms with Gasteiger partial charge >= 0.3 is 0 Å². The van der Waals surface area contributed by atoms with Gasteiger partial charge in [-0.2, -0.15) is 0 Å². The summed E-state index contributed by atoms with van der Waals surface area (Å²) in [5.41, 5.74) is 7.16. The van der Waals surface area contributed by atoms with E-state index in [2.05, 4.69) is 10.6 Å². The largest absolute Gasteiger partial charge is 0.368 e. The lowest BCUT2D eigenvalue weighted by Gasteiger charge is -2.39. The summed E-state index contributed by atoms with van der Waals surface area (Å²) in [6, 6.07) is 8.01. The van der Waals surface area contributed by atoms with E-state index in [0.29, 0.717) is 31.6 Å². The first kappa shape index (κ1) is 22.4. The standard InChI is InChI=1S/C25H31N5O4/c1-29-18-5-3-2-4-15(18)13-19(29)24(34)30-11-9-25(7-8-25)14-20(30)23(33)28-17(21(26)31)12-16-6-10-27-22(16)32/h2-5,13,16-17,20H,6-12,14H2,1H3,(H2,26,31)(H,27,32)(H,28,33)/t16-,17-,20-/m0/s1. The highest BCUT2D eigenvalue weighted by molar-refractivity contribution is 6.01. The summed E-state index contributed by atoms with van der Waals surface area (Å²) in [7, 11) is 1.85. The van der Waals surface area contributed by atoms with Crippen LogP contribution in [0.25, 0.3) is 10.9 Å². The van der Waals surface area contributed by atoms with Crippen LogP contribution >= 0.6 is 0 Å². The first-order valence-corrected chi connectivity index (χ1v) is 12.0. The van der Waals surface area contributed by atoms with Gasteiger partial charge in [0.1, 0.15) is 17.8 Å². The summed E-state index contributed by atoms with van der Waals surface area (Å²) in [5.74, 6) is -1.72. The molecule has 4 amide bonds. The molecule has 0 unspecified atom stereocenters. The third-order valence-electron chi connectivity index (χ3n) is 7.92. The molecule has 34 heavy (non-hydrogen) atoms. The van der Waals surface area contributed by atoms with E-state index in [1.165, 1.54) is 0 Å². The molecule has 3 aliphatic rings. The fraction of sp³-hybridized carbons (Fsp3) is 0.520. The molecule has 2 aliphatic heterocycles. The Kier molecular flexibility index (Phi) is 5.58. The number of fused-ring (bicyclic) bond motifs is 1. The molecule has 180 valence electrons. The van der Waals surface area contributed by atoms with Gasteiger partial charge in [0, 0.05) is 37.0 Å². The van der Waals surface area contributed by atoms with Gasteiger partial charge in [-0.05, 0) is 56.1 Å². The average Bonchev–Trinajstić information content (AvgIpc) is 3.30. The van der Waals surface area contributed by atoms with E-state index in [0.717, 1.165) is 30.2 Å². The van der Waals surface area contributed by atoms with Crippen molar-refractivity contribution < 1.29 is 19.2 Å². The number of nitrogens with one attached hydrogen (secondary N) is 2. The molecule has 1 aromatic heterocycles. The van der Waals surface area contributed by atoms with E-state index in [-0.39, 0.29) is 35.5 Å². The molecule has 9 nitrogen and oxygen atoms in total. The Labute approximate surface area is 198 Å². The quantitative estimate of drug-likeness (QED) is 0.590. The molecule has 9 heteroatoms. The Bertz CT molecular complexity index is 1170. The van der Waals surface area contributed by atoms with Gasteiger partial charge in [0.25, 0.3) is 5.91 Å². The Morgan fingerprint density at radius 2 is 2.00 bits per heavy atom. The first-order chi connectivity index (χ1) is 16.3. The molecule has 1 aliphatic carbocycles. The number of likely N-dealkylation sites (tertiary alicyclic amines) is 1. The fourth-order valence-corrected chi connectivity index (χ4v) is 5.55. The van der Waals surface area contributed by atoms with E-state index >= 15 is 0 Å². The number of nitrogens with zero attached hydrogens (tertiary/aromatic N) is 2. The summed E-state index contributed by atoms with van der Waals surface area (Å²) in [6.45, 7) is 1.05. The highest BCUT2D eigenvalue weighted by Crippen LogP contribution is 2.55. The molecule has 3 heterocycles. The van der Waals surface area contributed by atoms with Crippen molar-refractivity contribution in [3.05, 3.63) is 36.0 Å². The number of carbonyl (C=O) groups excluding carboxylic acids is 4. The van der Waals surface area contributed by atoms with Crippen LogP contribution in [0.4, 0.5) is 0 Å². The minimum atomic E-state index is -0.951. The number of rotatable bonds is 6. The molecular weight excluding hydrogens is 434 g/mol. The second kappa shape index (κ2) is 8.45. The molecular formula is C25H31N5O4. The number of primary amides is 1. The number of hydrogen-bond donors (Lipinski definition) is 3. The Hall–Kier alpha value is -3.36. The van der Waals surface area contributed by atoms with Crippen LogP contribution in [0.1, 0.15) is 49.0 Å². The third-order valence-corrected chi connectivity index (χ3v) is 7.92. The van der Waals surface area contributed by atoms with Crippen LogP contribution < -0.4 is 16.4 Å². The number of aromatic nitrogens is 1. The first-order valence-electron chi connectivity index (χ1n) is 12.0. The SMILES string of the molecule is Cn1c(C(=O)N2CCC3(CC3)C[C@H]2C(=O)N[C@@H](C[C@@H]2CCNC2=O)C(N)=O)cc2ccccc21. The minimum Gasteiger partial charge on any atom is -0.368 e. The Morgan fingerprint density at radius 3 is 2.65 bits per heavy atom. The van der Waals surface area contributed by atoms with Crippen LogP contribution in [0.2, 0.25) is 0 Å². The predicted octanol–water partition coefficient (Wildman–Crippen LogP) is 1.06. The topological polar surface area (TPSA) is 127 Å². The summed E-state index contributed by atoms with van der Waals surface area (Å²) < 4.78 is 1.86. The van der Waals surface area contributed by atoms with Gasteiger partial charge in [-0.1, -0.05) is 18.2 Å². The summed E-state index contributed by atoms with van der Waals surface area (Å²) >= 11 is 0. The summed E-state index contributed by atoms with van der Waals surface area (Å²) in [6.07, 6.45) is 4.32. The molecule has 3 atom stereocenters. The Morgan fingerprint density at radius 1 is 1.24 bits per heavy atom. The lowest BCUT2D eigenvalue weighted by Crippen LogP contribution is -2.57. The Balaban J connectivity index is 1.38. The van der Waals surface area contributed by atoms with E-state index in [1.54, 1.807) is 4.90 Å². The lowest BCUT2D eigenvalue weighted by atomic mass is 9.87. The van der Waals surface area contributed by atoms with Crippen LogP contribution in [0, 0.1) is 11.3 Å². The van der Waals surface area contributed by atoms with Gasteiger partial charge in [-0.3, -0.25) is 19.2 Å². The zero-order chi connectivity index (χ0) is 24.0. The molecule has 4 N–H and O–H groups in total. The number of amides is 4. The third kappa shape index (κ3) is 4.03. The number of piperidine rings is 1. The number of benzene rings is 1. The number of hydrogen-bond acceptors (Lipinski definition) is 4. The summed E-state index contributed by atoms with van der Waals surface area (Å²) in [5, 5.41) is 6.50. The van der Waals surface area contributed by atoms with E-state index in [4.69, 9.17) is 5.73 Å². The van der Waals surface area contributed by atoms with Crippen molar-refractivity contribution >= 4 is 34.5 Å². The van der Waals surface area contributed by atoms with Crippen molar-refractivity contribution in [1.82, 2.24) is 20.1 Å². The number of aryl methyl sites for hydroxylation is 1. The van der Waals surface area contributed by atoms with Crippen LogP contribution in [0.15, 0.2) is 30.3 Å². The van der Waals surface area contributed by atoms with E-state index in [1.807, 2.05) is 41.9 Å². The summed E-state index contributed by atoms with van der Waals surface area (Å²) in [4.78, 5) is 52.9. The van der Waals surface area contributed by atoms with Crippen molar-refractivity contribution in [3.63, 3.8) is 0 Å². The van der Waals surface area contributed by atoms with Crippen molar-refractivity contribution in [2.75, 3.05) is 13.1 Å². The predicted molar refractivity (Wildman–Crippen MR) is 126 cm³/mol. The molecule has 2 aromatic rings. The average molecular weight is 466 g/mol. The zero-order valence-electron chi connectivity index (χ0n) is 19.4. The minimum absolute atomic E-state index is 0.102. The van der Waals surface area contributed by atoms with Crippen molar-refractivity contribution in [2.24, 2.45) is 24.1 Å². The van der Waals surface area contributed by atoms with E-state index < -0.39 is 18.0 Å². The zero-order valence-corrected chi connectivity index (χ0v) is 19.4. The maximum absolute atomic E-state index is 13.7. The molecule has 5 rings (SSSR count). The molecule has 0 radical (unpaired) electrons. The number of nitrogens with two attached hydrogens (primary N) is 1. The molecule has 0 bridgehead atoms. The number of para-hydroxylation sites is 1. The number of carbonyl (C=O) groups is 4. The molecule has 3 fully saturated rings. The smallest absolute Gasteiger partial charge is 0.271 e. The van der Waals surface area contributed by atoms with Gasteiger partial charge in [-0.15, -0.1) is 0 Å². The van der Waals surface area contributed by atoms with Gasteiger partial charge in [0.15, 0.2) is 0 Å². The normalized spacial score (nSPS) is 24.1. The molecule has 1 aromatic carbocycles. The second-order valence-electron chi connectivity index (χ2n) is 10.1. The molecule has 1 saturated carbocycles. The van der Waals surface area contributed by atoms with Crippen LogP contribution in [0.5, 0.6) is 0 Å². The highest BCUT2D eigenvalue weighted by Gasteiger charge is 2.51. The van der Waals surface area contributed by atoms with Crippen LogP contribution in [-0.4, -0.2) is 58.3 Å². The van der Waals surface area contributed by atoms with Gasteiger partial charge in [-0.25, -0.2) is 0 Å². The maximum atomic E-state index is 13.7. The molecule has 1 spiro atoms. The second-order valence-corrected chi connectivity index (χ2v) is 10.1. The van der Waals surface area contributed by atoms with Gasteiger partial charge < -0.3 is 25.8 Å². The lowest BCUT2D eigenvalue weighted by molar-refractivity contribution is -0.132. The molecule has 2 saturated heterocycles. The van der Waals surface area contributed by atoms with Crippen LogP contribution in [0.3, 0.4) is 0 Å². The van der Waals surface area contributed by atoms with Crippen molar-refractivity contribution in [3.8, 4) is 0 Å². The highest BCUT2D eigenvalue weighted by atomic mass is 16.2. The monoisotopic (exact) mass is 465 g/mol. The van der Waals surface area contributed by atoms with Crippen molar-refractivity contribution in [1.29, 1.82) is 0 Å². The maximum Gasteiger partial charge on any atom is 0.271 e.